The summed E-state index contributed by atoms with van der Waals surface area (Å²) < 4.78 is 6.10. The van der Waals surface area contributed by atoms with Gasteiger partial charge in [-0.1, -0.05) is 37.6 Å². The van der Waals surface area contributed by atoms with E-state index in [-0.39, 0.29) is 18.2 Å². The SMILES string of the molecule is CCCCOC1CC(=NC)C2CC(=N1)N(Cc1cccc(CN3CCN(C)CC3)c1)CC(=O)N2. The van der Waals surface area contributed by atoms with Crippen LogP contribution in [0.1, 0.15) is 43.7 Å². The average Bonchev–Trinajstić information content (AvgIpc) is 3.09. The van der Waals surface area contributed by atoms with Gasteiger partial charge in [0.25, 0.3) is 0 Å². The molecule has 2 saturated heterocycles. The number of carbonyl (C=O) groups is 1. The molecule has 3 aliphatic rings. The van der Waals surface area contributed by atoms with Crippen LogP contribution >= 0.6 is 0 Å². The minimum Gasteiger partial charge on any atom is -0.356 e. The number of benzene rings is 1. The van der Waals surface area contributed by atoms with Gasteiger partial charge in [0.05, 0.1) is 12.6 Å². The summed E-state index contributed by atoms with van der Waals surface area (Å²) in [4.78, 5) is 29.2. The fourth-order valence-electron chi connectivity index (χ4n) is 4.90. The molecule has 0 radical (unpaired) electrons. The van der Waals surface area contributed by atoms with E-state index in [0.29, 0.717) is 32.5 Å². The second kappa shape index (κ2) is 11.9. The van der Waals surface area contributed by atoms with Gasteiger partial charge in [0.15, 0.2) is 6.23 Å². The van der Waals surface area contributed by atoms with Crippen molar-refractivity contribution in [3.05, 3.63) is 35.4 Å². The zero-order valence-corrected chi connectivity index (χ0v) is 21.0. The summed E-state index contributed by atoms with van der Waals surface area (Å²) in [7, 11) is 3.98. The van der Waals surface area contributed by atoms with Crippen LogP contribution in [-0.4, -0.2) is 97.8 Å². The van der Waals surface area contributed by atoms with Gasteiger partial charge in [-0.3, -0.25) is 14.7 Å². The van der Waals surface area contributed by atoms with Crippen molar-refractivity contribution in [2.24, 2.45) is 9.98 Å². The zero-order valence-electron chi connectivity index (χ0n) is 21.0. The van der Waals surface area contributed by atoms with E-state index in [1.165, 1.54) is 11.1 Å². The number of hydrogen-bond donors (Lipinski definition) is 1. The minimum absolute atomic E-state index is 0.0234. The molecule has 4 rings (SSSR count). The van der Waals surface area contributed by atoms with Crippen molar-refractivity contribution in [3.8, 4) is 0 Å². The van der Waals surface area contributed by atoms with E-state index in [2.05, 4.69) is 63.2 Å². The van der Waals surface area contributed by atoms with Crippen LogP contribution in [0.2, 0.25) is 0 Å². The number of amides is 1. The fourth-order valence-corrected chi connectivity index (χ4v) is 4.90. The number of aliphatic imine (C=N–C) groups is 2. The summed E-state index contributed by atoms with van der Waals surface area (Å²) >= 11 is 0. The molecule has 0 aromatic heterocycles. The van der Waals surface area contributed by atoms with Crippen molar-refractivity contribution in [3.63, 3.8) is 0 Å². The molecule has 1 aromatic carbocycles. The molecule has 0 spiro atoms. The lowest BCUT2D eigenvalue weighted by Crippen LogP contribution is -2.43. The first kappa shape index (κ1) is 24.8. The van der Waals surface area contributed by atoms with Crippen molar-refractivity contribution < 1.29 is 9.53 Å². The Labute approximate surface area is 204 Å². The number of fused-ring (bicyclic) bond motifs is 2. The second-order valence-electron chi connectivity index (χ2n) is 9.72. The van der Waals surface area contributed by atoms with Crippen LogP contribution in [0.5, 0.6) is 0 Å². The van der Waals surface area contributed by atoms with Gasteiger partial charge < -0.3 is 19.9 Å². The lowest BCUT2D eigenvalue weighted by atomic mass is 10.1. The molecule has 186 valence electrons. The van der Waals surface area contributed by atoms with Gasteiger partial charge in [0.2, 0.25) is 5.91 Å². The Balaban J connectivity index is 1.49. The molecule has 0 saturated carbocycles. The van der Waals surface area contributed by atoms with E-state index in [1.54, 1.807) is 7.05 Å². The summed E-state index contributed by atoms with van der Waals surface area (Å²) in [6.07, 6.45) is 3.15. The van der Waals surface area contributed by atoms with Gasteiger partial charge in [0.1, 0.15) is 5.84 Å². The van der Waals surface area contributed by atoms with Crippen LogP contribution in [-0.2, 0) is 22.6 Å². The number of hydrogen-bond acceptors (Lipinski definition) is 7. The summed E-state index contributed by atoms with van der Waals surface area (Å²) in [5.41, 5.74) is 3.49. The highest BCUT2D eigenvalue weighted by Gasteiger charge is 2.33. The van der Waals surface area contributed by atoms with E-state index in [4.69, 9.17) is 9.73 Å². The Morgan fingerprint density at radius 2 is 1.91 bits per heavy atom. The summed E-state index contributed by atoms with van der Waals surface area (Å²) in [5, 5.41) is 3.17. The third-order valence-corrected chi connectivity index (χ3v) is 6.96. The van der Waals surface area contributed by atoms with Crippen molar-refractivity contribution in [1.82, 2.24) is 20.0 Å². The monoisotopic (exact) mass is 468 g/mol. The Kier molecular flexibility index (Phi) is 8.69. The van der Waals surface area contributed by atoms with Gasteiger partial charge in [-0.25, -0.2) is 4.99 Å². The van der Waals surface area contributed by atoms with Crippen molar-refractivity contribution in [1.29, 1.82) is 0 Å². The topological polar surface area (TPSA) is 72.8 Å². The number of nitrogens with zero attached hydrogens (tertiary/aromatic N) is 5. The summed E-state index contributed by atoms with van der Waals surface area (Å²) in [6, 6.07) is 8.67. The van der Waals surface area contributed by atoms with Crippen LogP contribution in [0, 0.1) is 0 Å². The highest BCUT2D eigenvalue weighted by atomic mass is 16.5. The molecule has 1 N–H and O–H groups in total. The normalized spacial score (nSPS) is 25.6. The summed E-state index contributed by atoms with van der Waals surface area (Å²) in [5.74, 6) is 0.961. The highest BCUT2D eigenvalue weighted by molar-refractivity contribution is 6.02. The van der Waals surface area contributed by atoms with Crippen LogP contribution in [0.3, 0.4) is 0 Å². The third kappa shape index (κ3) is 6.64. The van der Waals surface area contributed by atoms with Crippen molar-refractivity contribution in [2.75, 3.05) is 53.4 Å². The average molecular weight is 469 g/mol. The molecule has 0 aliphatic carbocycles. The largest absolute Gasteiger partial charge is 0.356 e. The van der Waals surface area contributed by atoms with Gasteiger partial charge in [0, 0.05) is 71.5 Å². The fraction of sp³-hybridized carbons (Fsp3) is 0.654. The molecule has 8 nitrogen and oxygen atoms in total. The number of carbonyl (C=O) groups excluding carboxylic acids is 1. The van der Waals surface area contributed by atoms with E-state index in [1.807, 2.05) is 0 Å². The Morgan fingerprint density at radius 3 is 2.65 bits per heavy atom. The van der Waals surface area contributed by atoms with E-state index < -0.39 is 0 Å². The third-order valence-electron chi connectivity index (χ3n) is 6.96. The minimum atomic E-state index is -0.244. The first-order chi connectivity index (χ1) is 16.5. The Morgan fingerprint density at radius 1 is 1.15 bits per heavy atom. The molecule has 2 bridgehead atoms. The summed E-state index contributed by atoms with van der Waals surface area (Å²) in [6.45, 7) is 9.23. The van der Waals surface area contributed by atoms with Crippen LogP contribution in [0.25, 0.3) is 0 Å². The number of rotatable bonds is 8. The first-order valence-electron chi connectivity index (χ1n) is 12.7. The van der Waals surface area contributed by atoms with Crippen LogP contribution < -0.4 is 5.32 Å². The standard InChI is InChI=1S/C26H40N6O2/c1-4-5-13-34-26-16-22(27-2)23-15-24(29-26)32(19-25(33)28-23)18-21-8-6-7-20(14-21)17-31-11-9-30(3)10-12-31/h6-8,14,23,26H,4-5,9-13,15-19H2,1-3H3,(H,28,33). The van der Waals surface area contributed by atoms with Crippen LogP contribution in [0.15, 0.2) is 34.3 Å². The van der Waals surface area contributed by atoms with Gasteiger partial charge in [-0.15, -0.1) is 0 Å². The molecule has 1 aromatic rings. The molecule has 3 aliphatic heterocycles. The molecule has 2 unspecified atom stereocenters. The van der Waals surface area contributed by atoms with E-state index >= 15 is 0 Å². The van der Waals surface area contributed by atoms with Crippen molar-refractivity contribution in [2.45, 2.75) is 58.0 Å². The van der Waals surface area contributed by atoms with Gasteiger partial charge in [-0.2, -0.15) is 0 Å². The van der Waals surface area contributed by atoms with Crippen LogP contribution in [0.4, 0.5) is 0 Å². The number of nitrogens with one attached hydrogen (secondary N) is 1. The number of ether oxygens (including phenoxy) is 1. The predicted octanol–water partition coefficient (Wildman–Crippen LogP) is 2.14. The molecule has 2 atom stereocenters. The lowest BCUT2D eigenvalue weighted by Gasteiger charge is -2.32. The van der Waals surface area contributed by atoms with E-state index in [0.717, 1.165) is 57.1 Å². The quantitative estimate of drug-likeness (QED) is 0.592. The maximum atomic E-state index is 12.7. The number of unbranched alkanes of at least 4 members (excludes halogenated alkanes) is 1. The van der Waals surface area contributed by atoms with Crippen molar-refractivity contribution >= 4 is 17.5 Å². The molecule has 3 heterocycles. The van der Waals surface area contributed by atoms with Gasteiger partial charge in [-0.05, 0) is 24.6 Å². The second-order valence-corrected chi connectivity index (χ2v) is 9.72. The molecule has 1 amide bonds. The smallest absolute Gasteiger partial charge is 0.240 e. The Hall–Kier alpha value is -2.29. The number of amidine groups is 1. The van der Waals surface area contributed by atoms with E-state index in [9.17, 15) is 4.79 Å². The number of piperazine rings is 1. The van der Waals surface area contributed by atoms with Gasteiger partial charge >= 0.3 is 0 Å². The maximum Gasteiger partial charge on any atom is 0.240 e. The maximum absolute atomic E-state index is 12.7. The lowest BCUT2D eigenvalue weighted by molar-refractivity contribution is -0.121. The molecular weight excluding hydrogens is 428 g/mol. The molecule has 2 fully saturated rings. The molecule has 34 heavy (non-hydrogen) atoms. The predicted molar refractivity (Wildman–Crippen MR) is 136 cm³/mol. The first-order valence-corrected chi connectivity index (χ1v) is 12.7. The molecular formula is C26H40N6O2. The number of likely N-dealkylation sites (N-methyl/N-ethyl adjacent to an activating group) is 1. The Bertz CT molecular complexity index is 893. The molecule has 8 heteroatoms. The highest BCUT2D eigenvalue weighted by Crippen LogP contribution is 2.21. The zero-order chi connectivity index (χ0) is 23.9.